The second-order valence-corrected chi connectivity index (χ2v) is 4.87. The Morgan fingerprint density at radius 2 is 1.82 bits per heavy atom. The molecule has 1 aliphatic rings. The molecule has 1 aromatic heterocycles. The number of fused-ring (bicyclic) bond motifs is 1. The van der Waals surface area contributed by atoms with Crippen LogP contribution in [0.5, 0.6) is 0 Å². The van der Waals surface area contributed by atoms with Crippen molar-refractivity contribution in [3.8, 4) is 0 Å². The largest absolute Gasteiger partial charge is 0.310 e. The van der Waals surface area contributed by atoms with Crippen molar-refractivity contribution in [1.29, 1.82) is 0 Å². The smallest absolute Gasteiger partial charge is 0.235 e. The number of nitrogens with zero attached hydrogens (tertiary/aromatic N) is 1. The van der Waals surface area contributed by atoms with Gasteiger partial charge in [0.2, 0.25) is 5.91 Å². The summed E-state index contributed by atoms with van der Waals surface area (Å²) in [5.74, 6) is 1.15. The average molecular weight is 234 g/mol. The number of anilines is 1. The summed E-state index contributed by atoms with van der Waals surface area (Å²) in [6.45, 7) is 12.0. The van der Waals surface area contributed by atoms with E-state index < -0.39 is 5.41 Å². The highest BCUT2D eigenvalue weighted by Crippen LogP contribution is 2.36. The van der Waals surface area contributed by atoms with E-state index in [-0.39, 0.29) is 5.91 Å². The fraction of sp³-hybridized carbons (Fsp3) is 0.571. The van der Waals surface area contributed by atoms with E-state index in [2.05, 4.69) is 24.1 Å². The predicted octanol–water partition coefficient (Wildman–Crippen LogP) is 3.46. The van der Waals surface area contributed by atoms with E-state index >= 15 is 0 Å². The van der Waals surface area contributed by atoms with Crippen LogP contribution < -0.4 is 5.32 Å². The van der Waals surface area contributed by atoms with Crippen molar-refractivity contribution in [2.24, 2.45) is 0 Å². The lowest BCUT2D eigenvalue weighted by atomic mass is 9.87. The molecule has 94 valence electrons. The van der Waals surface area contributed by atoms with Crippen molar-refractivity contribution in [3.05, 3.63) is 23.4 Å². The van der Waals surface area contributed by atoms with Crippen molar-refractivity contribution >= 4 is 11.7 Å². The van der Waals surface area contributed by atoms with Gasteiger partial charge in [0.25, 0.3) is 0 Å². The molecule has 0 saturated carbocycles. The molecule has 0 spiro atoms. The number of hydrogen-bond donors (Lipinski definition) is 1. The standard InChI is InChI=1S/C12H16N2O.C2H6/c1-7(2)9-6-5-8-10(13-9)14-11(15)12(8,3)4;1-2/h5-7H,1-4H3,(H,13,14,15);1-2H3. The number of amides is 1. The Kier molecular flexibility index (Phi) is 3.91. The maximum atomic E-state index is 11.7. The van der Waals surface area contributed by atoms with Crippen LogP contribution in [0.2, 0.25) is 0 Å². The summed E-state index contributed by atoms with van der Waals surface area (Å²) in [6, 6.07) is 4.01. The second kappa shape index (κ2) is 4.86. The molecular weight excluding hydrogens is 212 g/mol. The van der Waals surface area contributed by atoms with Crippen molar-refractivity contribution in [3.63, 3.8) is 0 Å². The molecule has 0 aliphatic carbocycles. The van der Waals surface area contributed by atoms with Gasteiger partial charge < -0.3 is 5.32 Å². The Balaban J connectivity index is 0.000000686. The van der Waals surface area contributed by atoms with Gasteiger partial charge in [-0.3, -0.25) is 4.79 Å². The maximum Gasteiger partial charge on any atom is 0.235 e. The Labute approximate surface area is 104 Å². The summed E-state index contributed by atoms with van der Waals surface area (Å²) in [7, 11) is 0. The Morgan fingerprint density at radius 3 is 2.35 bits per heavy atom. The highest BCUT2D eigenvalue weighted by molar-refractivity contribution is 6.04. The van der Waals surface area contributed by atoms with Gasteiger partial charge in [0.15, 0.2) is 0 Å². The molecule has 0 saturated heterocycles. The fourth-order valence-corrected chi connectivity index (χ4v) is 1.78. The molecule has 0 fully saturated rings. The molecule has 1 aliphatic heterocycles. The van der Waals surface area contributed by atoms with Gasteiger partial charge in [-0.1, -0.05) is 33.8 Å². The molecule has 1 N–H and O–H groups in total. The number of pyridine rings is 1. The summed E-state index contributed by atoms with van der Waals surface area (Å²) in [6.07, 6.45) is 0. The van der Waals surface area contributed by atoms with Crippen LogP contribution in [0.4, 0.5) is 5.82 Å². The quantitative estimate of drug-likeness (QED) is 0.808. The minimum Gasteiger partial charge on any atom is -0.310 e. The van der Waals surface area contributed by atoms with Crippen LogP contribution >= 0.6 is 0 Å². The molecule has 0 bridgehead atoms. The maximum absolute atomic E-state index is 11.7. The van der Waals surface area contributed by atoms with Crippen molar-refractivity contribution in [1.82, 2.24) is 4.98 Å². The third kappa shape index (κ3) is 2.33. The molecule has 3 heteroatoms. The molecule has 2 rings (SSSR count). The zero-order chi connectivity index (χ0) is 13.2. The lowest BCUT2D eigenvalue weighted by molar-refractivity contribution is -0.119. The van der Waals surface area contributed by atoms with Crippen LogP contribution in [0.3, 0.4) is 0 Å². The van der Waals surface area contributed by atoms with Crippen LogP contribution in [-0.2, 0) is 10.2 Å². The van der Waals surface area contributed by atoms with Crippen molar-refractivity contribution in [2.45, 2.75) is 52.9 Å². The van der Waals surface area contributed by atoms with Gasteiger partial charge in [-0.25, -0.2) is 4.98 Å². The molecule has 0 atom stereocenters. The van der Waals surface area contributed by atoms with Crippen LogP contribution in [0.25, 0.3) is 0 Å². The van der Waals surface area contributed by atoms with Gasteiger partial charge in [-0.15, -0.1) is 0 Å². The fourth-order valence-electron chi connectivity index (χ4n) is 1.78. The summed E-state index contributed by atoms with van der Waals surface area (Å²) in [5, 5.41) is 2.83. The molecule has 3 nitrogen and oxygen atoms in total. The van der Waals surface area contributed by atoms with Gasteiger partial charge >= 0.3 is 0 Å². The first-order valence-electron chi connectivity index (χ1n) is 6.26. The van der Waals surface area contributed by atoms with E-state index in [0.717, 1.165) is 17.1 Å². The number of nitrogens with one attached hydrogen (secondary N) is 1. The summed E-state index contributed by atoms with van der Waals surface area (Å²) >= 11 is 0. The summed E-state index contributed by atoms with van der Waals surface area (Å²) in [4.78, 5) is 16.1. The van der Waals surface area contributed by atoms with E-state index in [1.807, 2.05) is 39.8 Å². The van der Waals surface area contributed by atoms with Gasteiger partial charge in [-0.05, 0) is 25.8 Å². The van der Waals surface area contributed by atoms with Gasteiger partial charge in [0.05, 0.1) is 5.41 Å². The zero-order valence-corrected chi connectivity index (χ0v) is 11.6. The Bertz CT molecular complexity index is 422. The van der Waals surface area contributed by atoms with E-state index in [9.17, 15) is 4.79 Å². The van der Waals surface area contributed by atoms with Crippen molar-refractivity contribution < 1.29 is 4.79 Å². The number of hydrogen-bond acceptors (Lipinski definition) is 2. The highest BCUT2D eigenvalue weighted by atomic mass is 16.2. The summed E-state index contributed by atoms with van der Waals surface area (Å²) < 4.78 is 0. The van der Waals surface area contributed by atoms with Crippen LogP contribution in [-0.4, -0.2) is 10.9 Å². The molecule has 1 aromatic rings. The van der Waals surface area contributed by atoms with Crippen molar-refractivity contribution in [2.75, 3.05) is 5.32 Å². The first-order valence-corrected chi connectivity index (χ1v) is 6.26. The third-order valence-electron chi connectivity index (χ3n) is 2.98. The topological polar surface area (TPSA) is 42.0 Å². The predicted molar refractivity (Wildman–Crippen MR) is 71.3 cm³/mol. The molecule has 0 aromatic carbocycles. The van der Waals surface area contributed by atoms with E-state index in [1.165, 1.54) is 0 Å². The zero-order valence-electron chi connectivity index (χ0n) is 11.6. The van der Waals surface area contributed by atoms with Crippen LogP contribution in [0.15, 0.2) is 12.1 Å². The van der Waals surface area contributed by atoms with Crippen LogP contribution in [0, 0.1) is 0 Å². The van der Waals surface area contributed by atoms with E-state index in [1.54, 1.807) is 0 Å². The number of aromatic nitrogens is 1. The highest BCUT2D eigenvalue weighted by Gasteiger charge is 2.39. The number of carbonyl (C=O) groups is 1. The summed E-state index contributed by atoms with van der Waals surface area (Å²) in [5.41, 5.74) is 1.57. The normalized spacial score (nSPS) is 16.1. The minimum absolute atomic E-state index is 0.0332. The van der Waals surface area contributed by atoms with Gasteiger partial charge in [0.1, 0.15) is 5.82 Å². The SMILES string of the molecule is CC.CC(C)c1ccc2c(n1)NC(=O)C2(C)C. The van der Waals surface area contributed by atoms with E-state index in [0.29, 0.717) is 5.92 Å². The van der Waals surface area contributed by atoms with Gasteiger partial charge in [0, 0.05) is 11.3 Å². The first-order chi connectivity index (χ1) is 7.93. The monoisotopic (exact) mass is 234 g/mol. The number of rotatable bonds is 1. The van der Waals surface area contributed by atoms with E-state index in [4.69, 9.17) is 0 Å². The third-order valence-corrected chi connectivity index (χ3v) is 2.98. The molecular formula is C14H22N2O. The minimum atomic E-state index is -0.447. The average Bonchev–Trinajstić information content (AvgIpc) is 2.52. The molecule has 17 heavy (non-hydrogen) atoms. The molecule has 1 amide bonds. The Hall–Kier alpha value is -1.38. The molecule has 2 heterocycles. The second-order valence-electron chi connectivity index (χ2n) is 4.87. The van der Waals surface area contributed by atoms with Crippen LogP contribution in [0.1, 0.15) is 58.7 Å². The lowest BCUT2D eigenvalue weighted by Crippen LogP contribution is -2.26. The number of carbonyl (C=O) groups excluding carboxylic acids is 1. The van der Waals surface area contributed by atoms with Gasteiger partial charge in [-0.2, -0.15) is 0 Å². The Morgan fingerprint density at radius 1 is 1.24 bits per heavy atom. The first kappa shape index (κ1) is 13.7. The molecule has 0 radical (unpaired) electrons. The lowest BCUT2D eigenvalue weighted by Gasteiger charge is -2.14. The molecule has 0 unspecified atom stereocenters.